The van der Waals surface area contributed by atoms with E-state index in [9.17, 15) is 9.59 Å². The summed E-state index contributed by atoms with van der Waals surface area (Å²) in [4.78, 5) is 37.2. The van der Waals surface area contributed by atoms with Crippen LogP contribution in [0, 0.1) is 6.92 Å². The number of benzene rings is 1. The average Bonchev–Trinajstić information content (AvgIpc) is 3.02. The third kappa shape index (κ3) is 4.63. The van der Waals surface area contributed by atoms with Gasteiger partial charge in [-0.2, -0.15) is 0 Å². The van der Waals surface area contributed by atoms with Crippen molar-refractivity contribution in [3.63, 3.8) is 0 Å². The monoisotopic (exact) mass is 476 g/mol. The number of imidazole rings is 1. The van der Waals surface area contributed by atoms with E-state index in [0.717, 1.165) is 5.56 Å². The molecule has 2 N–H and O–H groups in total. The maximum absolute atomic E-state index is 12.8. The van der Waals surface area contributed by atoms with E-state index in [1.807, 2.05) is 19.1 Å². The van der Waals surface area contributed by atoms with Gasteiger partial charge in [0.1, 0.15) is 10.3 Å². The number of nitrogens with zero attached hydrogens (tertiary/aromatic N) is 4. The lowest BCUT2D eigenvalue weighted by Gasteiger charge is -2.13. The van der Waals surface area contributed by atoms with Gasteiger partial charge in [-0.3, -0.25) is 9.59 Å². The van der Waals surface area contributed by atoms with Crippen LogP contribution in [0.2, 0.25) is 5.02 Å². The van der Waals surface area contributed by atoms with Crippen LogP contribution in [0.15, 0.2) is 35.1 Å². The molecule has 0 saturated heterocycles. The number of hydrogen-bond acceptors (Lipinski definition) is 5. The van der Waals surface area contributed by atoms with Gasteiger partial charge in [0.25, 0.3) is 5.91 Å². The zero-order valence-corrected chi connectivity index (χ0v) is 18.1. The fraction of sp³-hybridized carbons (Fsp3) is 0.211. The van der Waals surface area contributed by atoms with Crippen molar-refractivity contribution in [2.75, 3.05) is 11.9 Å². The first-order valence-electron chi connectivity index (χ1n) is 8.77. The van der Waals surface area contributed by atoms with Crippen LogP contribution in [0.1, 0.15) is 28.7 Å². The number of halogens is 2. The first-order chi connectivity index (χ1) is 13.9. The Bertz CT molecular complexity index is 1050. The van der Waals surface area contributed by atoms with E-state index in [2.05, 4.69) is 41.5 Å². The molecule has 0 aliphatic rings. The summed E-state index contributed by atoms with van der Waals surface area (Å²) in [6.07, 6.45) is 2.05. The van der Waals surface area contributed by atoms with E-state index in [0.29, 0.717) is 46.3 Å². The Kier molecular flexibility index (Phi) is 6.60. The summed E-state index contributed by atoms with van der Waals surface area (Å²) in [6, 6.07) is 7.27. The molecule has 2 aromatic heterocycles. The highest BCUT2D eigenvalue weighted by molar-refractivity contribution is 9.10. The summed E-state index contributed by atoms with van der Waals surface area (Å²) in [5.41, 5.74) is 2.26. The van der Waals surface area contributed by atoms with Crippen molar-refractivity contribution in [3.8, 4) is 11.5 Å². The summed E-state index contributed by atoms with van der Waals surface area (Å²) in [5, 5.41) is 5.90. The molecule has 10 heteroatoms. The normalized spacial score (nSPS) is 10.6. The minimum absolute atomic E-state index is 0.152. The van der Waals surface area contributed by atoms with Gasteiger partial charge in [-0.05, 0) is 47.5 Å². The number of aromatic nitrogens is 4. The maximum Gasteiger partial charge on any atom is 0.271 e. The van der Waals surface area contributed by atoms with Crippen molar-refractivity contribution in [2.24, 2.45) is 0 Å². The molecule has 0 atom stereocenters. The van der Waals surface area contributed by atoms with Crippen LogP contribution in [0.3, 0.4) is 0 Å². The van der Waals surface area contributed by atoms with Crippen molar-refractivity contribution in [2.45, 2.75) is 20.4 Å². The Balaban J connectivity index is 2.22. The summed E-state index contributed by atoms with van der Waals surface area (Å²) in [6.45, 7) is 4.37. The van der Waals surface area contributed by atoms with Crippen LogP contribution in [-0.2, 0) is 11.3 Å². The molecule has 3 aromatic rings. The number of nitrogens with one attached hydrogen (secondary N) is 2. The molecule has 3 rings (SSSR count). The predicted octanol–water partition coefficient (Wildman–Crippen LogP) is 3.43. The fourth-order valence-corrected chi connectivity index (χ4v) is 3.36. The lowest BCUT2D eigenvalue weighted by Crippen LogP contribution is -2.27. The second kappa shape index (κ2) is 9.15. The number of rotatable bonds is 7. The SMILES string of the molecule is CCNC(=O)c1c(NC=O)nc(-c2ncc(Br)nc2C)n1Cc1ccc(Cl)cc1. The second-order valence-corrected chi connectivity index (χ2v) is 7.34. The highest BCUT2D eigenvalue weighted by Crippen LogP contribution is 2.28. The van der Waals surface area contributed by atoms with Gasteiger partial charge in [-0.15, -0.1) is 0 Å². The molecular formula is C19H18BrClN6O2. The summed E-state index contributed by atoms with van der Waals surface area (Å²) < 4.78 is 2.30. The Morgan fingerprint density at radius 3 is 2.62 bits per heavy atom. The van der Waals surface area contributed by atoms with Crippen LogP contribution in [-0.4, -0.2) is 38.4 Å². The van der Waals surface area contributed by atoms with E-state index in [1.165, 1.54) is 0 Å². The minimum atomic E-state index is -0.354. The standard InChI is InChI=1S/C19H18BrClN6O2/c1-3-22-19(29)16-17(24-10-28)26-18(15-11(2)25-14(20)8-23-15)27(16)9-12-4-6-13(21)7-5-12/h4-8,10H,3,9H2,1-2H3,(H,22,29)(H,24,28). The van der Waals surface area contributed by atoms with Crippen LogP contribution in [0.5, 0.6) is 0 Å². The Labute approximate surface area is 180 Å². The van der Waals surface area contributed by atoms with Crippen molar-refractivity contribution >= 4 is 45.7 Å². The molecule has 0 bridgehead atoms. The molecule has 0 radical (unpaired) electrons. The van der Waals surface area contributed by atoms with Crippen LogP contribution < -0.4 is 10.6 Å². The molecule has 2 heterocycles. The summed E-state index contributed by atoms with van der Waals surface area (Å²) >= 11 is 9.29. The molecule has 29 heavy (non-hydrogen) atoms. The van der Waals surface area contributed by atoms with Crippen molar-refractivity contribution in [3.05, 3.63) is 57.0 Å². The number of anilines is 1. The molecule has 2 amide bonds. The zero-order chi connectivity index (χ0) is 21.0. The molecule has 0 unspecified atom stereocenters. The van der Waals surface area contributed by atoms with Crippen LogP contribution >= 0.6 is 27.5 Å². The van der Waals surface area contributed by atoms with E-state index in [4.69, 9.17) is 11.6 Å². The highest BCUT2D eigenvalue weighted by Gasteiger charge is 2.25. The first kappa shape index (κ1) is 20.9. The third-order valence-electron chi connectivity index (χ3n) is 4.10. The number of amides is 2. The van der Waals surface area contributed by atoms with Crippen LogP contribution in [0.4, 0.5) is 5.82 Å². The molecule has 0 aliphatic carbocycles. The van der Waals surface area contributed by atoms with E-state index < -0.39 is 0 Å². The third-order valence-corrected chi connectivity index (χ3v) is 4.73. The molecular weight excluding hydrogens is 460 g/mol. The van der Waals surface area contributed by atoms with E-state index >= 15 is 0 Å². The van der Waals surface area contributed by atoms with E-state index in [1.54, 1.807) is 29.8 Å². The van der Waals surface area contributed by atoms with Crippen LogP contribution in [0.25, 0.3) is 11.5 Å². The lowest BCUT2D eigenvalue weighted by molar-refractivity contribution is -0.105. The smallest absolute Gasteiger partial charge is 0.271 e. The average molecular weight is 478 g/mol. The molecule has 0 fully saturated rings. The molecule has 8 nitrogen and oxygen atoms in total. The quantitative estimate of drug-likeness (QED) is 0.508. The van der Waals surface area contributed by atoms with Gasteiger partial charge in [0.15, 0.2) is 17.3 Å². The molecule has 150 valence electrons. The van der Waals surface area contributed by atoms with Gasteiger partial charge < -0.3 is 15.2 Å². The Hall–Kier alpha value is -2.78. The highest BCUT2D eigenvalue weighted by atomic mass is 79.9. The van der Waals surface area contributed by atoms with Gasteiger partial charge >= 0.3 is 0 Å². The van der Waals surface area contributed by atoms with Gasteiger partial charge in [-0.25, -0.2) is 15.0 Å². The van der Waals surface area contributed by atoms with Gasteiger partial charge in [0.05, 0.1) is 11.9 Å². The van der Waals surface area contributed by atoms with Crippen molar-refractivity contribution < 1.29 is 9.59 Å². The summed E-state index contributed by atoms with van der Waals surface area (Å²) in [7, 11) is 0. The zero-order valence-electron chi connectivity index (χ0n) is 15.7. The summed E-state index contributed by atoms with van der Waals surface area (Å²) in [5.74, 6) is 0.217. The topological polar surface area (TPSA) is 102 Å². The number of carbonyl (C=O) groups excluding carboxylic acids is 2. The fourth-order valence-electron chi connectivity index (χ4n) is 2.86. The maximum atomic E-state index is 12.8. The number of aryl methyl sites for hydroxylation is 1. The Morgan fingerprint density at radius 1 is 1.28 bits per heavy atom. The van der Waals surface area contributed by atoms with Gasteiger partial charge in [0.2, 0.25) is 6.41 Å². The molecule has 1 aromatic carbocycles. The first-order valence-corrected chi connectivity index (χ1v) is 9.94. The molecule has 0 aliphatic heterocycles. The number of hydrogen-bond donors (Lipinski definition) is 2. The van der Waals surface area contributed by atoms with Gasteiger partial charge in [-0.1, -0.05) is 23.7 Å². The van der Waals surface area contributed by atoms with Crippen molar-refractivity contribution in [1.29, 1.82) is 0 Å². The number of carbonyl (C=O) groups is 2. The minimum Gasteiger partial charge on any atom is -0.351 e. The lowest BCUT2D eigenvalue weighted by atomic mass is 10.2. The molecule has 0 spiro atoms. The van der Waals surface area contributed by atoms with Gasteiger partial charge in [0, 0.05) is 18.1 Å². The van der Waals surface area contributed by atoms with Crippen molar-refractivity contribution in [1.82, 2.24) is 24.8 Å². The predicted molar refractivity (Wildman–Crippen MR) is 114 cm³/mol. The second-order valence-electron chi connectivity index (χ2n) is 6.09. The largest absolute Gasteiger partial charge is 0.351 e. The Morgan fingerprint density at radius 2 is 2.00 bits per heavy atom. The molecule has 0 saturated carbocycles. The van der Waals surface area contributed by atoms with E-state index in [-0.39, 0.29) is 17.4 Å².